The fourth-order valence-electron chi connectivity index (χ4n) is 4.52. The highest BCUT2D eigenvalue weighted by atomic mass is 32.2. The molecule has 7 nitrogen and oxygen atoms in total. The SMILES string of the molecule is COc1cc2c(cc1OC)CN(C(=O)CCCC[C@@H]1SC[C@@H]3NC(=O)N[C@@H]31)CC2. The van der Waals surface area contributed by atoms with Crippen molar-refractivity contribution in [2.45, 2.75) is 56.0 Å². The van der Waals surface area contributed by atoms with E-state index in [-0.39, 0.29) is 24.0 Å². The molecule has 0 saturated carbocycles. The number of urea groups is 1. The largest absolute Gasteiger partial charge is 0.493 e. The summed E-state index contributed by atoms with van der Waals surface area (Å²) in [4.78, 5) is 26.1. The zero-order valence-corrected chi connectivity index (χ0v) is 17.8. The number of rotatable bonds is 7. The molecule has 0 unspecified atom stereocenters. The number of methoxy groups -OCH3 is 2. The van der Waals surface area contributed by atoms with Crippen molar-refractivity contribution in [3.05, 3.63) is 23.3 Å². The third-order valence-electron chi connectivity index (χ3n) is 6.14. The second-order valence-electron chi connectivity index (χ2n) is 7.91. The maximum atomic E-state index is 12.7. The Morgan fingerprint density at radius 2 is 1.93 bits per heavy atom. The van der Waals surface area contributed by atoms with Gasteiger partial charge in [0.05, 0.1) is 26.3 Å². The molecule has 3 atom stereocenters. The predicted octanol–water partition coefficient (Wildman–Crippen LogP) is 2.31. The molecule has 158 valence electrons. The topological polar surface area (TPSA) is 79.9 Å². The standard InChI is InChI=1S/C21H29N3O4S/c1-27-16-9-13-7-8-24(11-14(13)10-17(16)28-2)19(25)6-4-3-5-18-20-15(12-29-18)22-21(26)23-20/h9-10,15,18,20H,3-8,11-12H2,1-2H3,(H2,22,23,26)/t15-,18-,20-/m0/s1. The molecule has 8 heteroatoms. The summed E-state index contributed by atoms with van der Waals surface area (Å²) < 4.78 is 10.8. The lowest BCUT2D eigenvalue weighted by Gasteiger charge is -2.30. The Kier molecular flexibility index (Phi) is 6.08. The van der Waals surface area contributed by atoms with Crippen molar-refractivity contribution >= 4 is 23.7 Å². The normalized spacial score (nSPS) is 25.1. The Morgan fingerprint density at radius 1 is 1.17 bits per heavy atom. The summed E-state index contributed by atoms with van der Waals surface area (Å²) >= 11 is 1.93. The summed E-state index contributed by atoms with van der Waals surface area (Å²) in [5.74, 6) is 2.65. The van der Waals surface area contributed by atoms with Gasteiger partial charge >= 0.3 is 6.03 Å². The zero-order chi connectivity index (χ0) is 20.4. The summed E-state index contributed by atoms with van der Waals surface area (Å²) in [5, 5.41) is 6.46. The molecule has 1 aromatic carbocycles. The van der Waals surface area contributed by atoms with E-state index in [9.17, 15) is 9.59 Å². The number of ether oxygens (including phenoxy) is 2. The van der Waals surface area contributed by atoms with E-state index in [2.05, 4.69) is 10.6 Å². The number of hydrogen-bond acceptors (Lipinski definition) is 5. The molecule has 0 bridgehead atoms. The van der Waals surface area contributed by atoms with Gasteiger partial charge in [-0.25, -0.2) is 4.79 Å². The van der Waals surface area contributed by atoms with Crippen LogP contribution in [0.3, 0.4) is 0 Å². The average Bonchev–Trinajstić information content (AvgIpc) is 3.28. The molecule has 4 rings (SSSR count). The summed E-state index contributed by atoms with van der Waals surface area (Å²) in [6.07, 6.45) is 4.37. The fraction of sp³-hybridized carbons (Fsp3) is 0.619. The summed E-state index contributed by atoms with van der Waals surface area (Å²) in [6.45, 7) is 1.38. The van der Waals surface area contributed by atoms with Crippen LogP contribution < -0.4 is 20.1 Å². The van der Waals surface area contributed by atoms with E-state index in [0.717, 1.165) is 49.3 Å². The average molecular weight is 420 g/mol. The van der Waals surface area contributed by atoms with Gasteiger partial charge in [-0.2, -0.15) is 11.8 Å². The van der Waals surface area contributed by atoms with Gasteiger partial charge in [0, 0.05) is 30.5 Å². The number of benzene rings is 1. The van der Waals surface area contributed by atoms with Crippen molar-refractivity contribution in [1.82, 2.24) is 15.5 Å². The number of thioether (sulfide) groups is 1. The van der Waals surface area contributed by atoms with E-state index in [4.69, 9.17) is 9.47 Å². The minimum absolute atomic E-state index is 0.0416. The first-order valence-corrected chi connectivity index (χ1v) is 11.3. The van der Waals surface area contributed by atoms with E-state index in [1.807, 2.05) is 28.8 Å². The zero-order valence-electron chi connectivity index (χ0n) is 17.0. The molecule has 0 radical (unpaired) electrons. The molecule has 2 saturated heterocycles. The lowest BCUT2D eigenvalue weighted by molar-refractivity contribution is -0.132. The number of nitrogens with one attached hydrogen (secondary N) is 2. The molecule has 3 amide bonds. The third-order valence-corrected chi connectivity index (χ3v) is 7.65. The van der Waals surface area contributed by atoms with Gasteiger partial charge in [0.25, 0.3) is 0 Å². The number of unbranched alkanes of at least 4 members (excludes halogenated alkanes) is 1. The van der Waals surface area contributed by atoms with Crippen molar-refractivity contribution in [3.8, 4) is 11.5 Å². The first-order valence-electron chi connectivity index (χ1n) is 10.3. The Morgan fingerprint density at radius 3 is 2.69 bits per heavy atom. The van der Waals surface area contributed by atoms with Crippen LogP contribution in [0.1, 0.15) is 36.8 Å². The molecule has 3 aliphatic rings. The Hall–Kier alpha value is -2.09. The molecule has 0 spiro atoms. The molecule has 2 N–H and O–H groups in total. The molecule has 1 aromatic rings. The van der Waals surface area contributed by atoms with Crippen LogP contribution in [0.5, 0.6) is 11.5 Å². The number of nitrogens with zero attached hydrogens (tertiary/aromatic N) is 1. The lowest BCUT2D eigenvalue weighted by Crippen LogP contribution is -2.37. The van der Waals surface area contributed by atoms with Crippen LogP contribution in [0.2, 0.25) is 0 Å². The predicted molar refractivity (Wildman–Crippen MR) is 113 cm³/mol. The van der Waals surface area contributed by atoms with E-state index in [1.165, 1.54) is 5.56 Å². The van der Waals surface area contributed by atoms with Gasteiger partial charge in [0.1, 0.15) is 0 Å². The van der Waals surface area contributed by atoms with Gasteiger partial charge < -0.3 is 25.0 Å². The van der Waals surface area contributed by atoms with Gasteiger partial charge in [-0.1, -0.05) is 6.42 Å². The molecular weight excluding hydrogens is 390 g/mol. The number of amides is 3. The monoisotopic (exact) mass is 419 g/mol. The van der Waals surface area contributed by atoms with E-state index < -0.39 is 0 Å². The molecular formula is C21H29N3O4S. The van der Waals surface area contributed by atoms with Crippen molar-refractivity contribution in [2.24, 2.45) is 0 Å². The maximum absolute atomic E-state index is 12.7. The second kappa shape index (κ2) is 8.73. The van der Waals surface area contributed by atoms with Crippen LogP contribution in [-0.2, 0) is 17.8 Å². The highest BCUT2D eigenvalue weighted by Gasteiger charge is 2.42. The number of hydrogen-bond donors (Lipinski definition) is 2. The minimum Gasteiger partial charge on any atom is -0.493 e. The smallest absolute Gasteiger partial charge is 0.315 e. The maximum Gasteiger partial charge on any atom is 0.315 e. The van der Waals surface area contributed by atoms with Crippen molar-refractivity contribution in [3.63, 3.8) is 0 Å². The van der Waals surface area contributed by atoms with Crippen molar-refractivity contribution in [1.29, 1.82) is 0 Å². The van der Waals surface area contributed by atoms with Gasteiger partial charge in [0.2, 0.25) is 5.91 Å². The third kappa shape index (κ3) is 4.27. The number of carbonyl (C=O) groups is 2. The first-order chi connectivity index (χ1) is 14.1. The number of fused-ring (bicyclic) bond motifs is 2. The minimum atomic E-state index is -0.0416. The summed E-state index contributed by atoms with van der Waals surface area (Å²) in [6, 6.07) is 4.49. The van der Waals surface area contributed by atoms with Gasteiger partial charge in [0.15, 0.2) is 11.5 Å². The fourth-order valence-corrected chi connectivity index (χ4v) is 6.06. The van der Waals surface area contributed by atoms with Crippen molar-refractivity contribution in [2.75, 3.05) is 26.5 Å². The van der Waals surface area contributed by atoms with Crippen LogP contribution in [0.15, 0.2) is 12.1 Å². The Balaban J connectivity index is 1.24. The molecule has 0 aromatic heterocycles. The van der Waals surface area contributed by atoms with E-state index in [0.29, 0.717) is 24.0 Å². The summed E-state index contributed by atoms with van der Waals surface area (Å²) in [7, 11) is 3.28. The van der Waals surface area contributed by atoms with Gasteiger partial charge in [-0.15, -0.1) is 0 Å². The molecule has 3 aliphatic heterocycles. The van der Waals surface area contributed by atoms with E-state index in [1.54, 1.807) is 14.2 Å². The van der Waals surface area contributed by atoms with Crippen molar-refractivity contribution < 1.29 is 19.1 Å². The van der Waals surface area contributed by atoms with Crippen LogP contribution in [0.25, 0.3) is 0 Å². The molecule has 29 heavy (non-hydrogen) atoms. The highest BCUT2D eigenvalue weighted by molar-refractivity contribution is 8.00. The quantitative estimate of drug-likeness (QED) is 0.524. The van der Waals surface area contributed by atoms with Gasteiger partial charge in [-0.3, -0.25) is 4.79 Å². The molecule has 2 fully saturated rings. The van der Waals surface area contributed by atoms with E-state index >= 15 is 0 Å². The summed E-state index contributed by atoms with van der Waals surface area (Å²) in [5.41, 5.74) is 2.37. The molecule has 0 aliphatic carbocycles. The Labute approximate surface area is 175 Å². The second-order valence-corrected chi connectivity index (χ2v) is 9.18. The first kappa shape index (κ1) is 20.2. The van der Waals surface area contributed by atoms with Crippen LogP contribution in [-0.4, -0.2) is 60.7 Å². The Bertz CT molecular complexity index is 787. The molecule has 3 heterocycles. The van der Waals surface area contributed by atoms with Gasteiger partial charge in [-0.05, 0) is 42.5 Å². The number of carbonyl (C=O) groups excluding carboxylic acids is 2. The van der Waals surface area contributed by atoms with Crippen LogP contribution in [0, 0.1) is 0 Å². The highest BCUT2D eigenvalue weighted by Crippen LogP contribution is 2.34. The van der Waals surface area contributed by atoms with Crippen LogP contribution in [0.4, 0.5) is 4.79 Å². The lowest BCUT2D eigenvalue weighted by atomic mass is 9.98. The van der Waals surface area contributed by atoms with Crippen LogP contribution >= 0.6 is 11.8 Å².